The Bertz CT molecular complexity index is 880. The van der Waals surface area contributed by atoms with Crippen LogP contribution in [0, 0.1) is 11.8 Å². The van der Waals surface area contributed by atoms with Crippen molar-refractivity contribution in [3.63, 3.8) is 0 Å². The van der Waals surface area contributed by atoms with E-state index in [9.17, 15) is 9.59 Å². The van der Waals surface area contributed by atoms with Crippen molar-refractivity contribution in [2.24, 2.45) is 11.8 Å². The number of hydrogen-bond donors (Lipinski definition) is 1. The molecule has 2 aromatic rings. The van der Waals surface area contributed by atoms with Crippen molar-refractivity contribution in [1.29, 1.82) is 0 Å². The summed E-state index contributed by atoms with van der Waals surface area (Å²) in [6, 6.07) is 18.1. The Labute approximate surface area is 179 Å². The van der Waals surface area contributed by atoms with Gasteiger partial charge in [0.1, 0.15) is 0 Å². The second-order valence-corrected chi connectivity index (χ2v) is 8.83. The average molecular weight is 405 g/mol. The minimum atomic E-state index is -0.0868. The number of fused-ring (bicyclic) bond motifs is 1. The van der Waals surface area contributed by atoms with Crippen LogP contribution in [0.3, 0.4) is 0 Å². The number of hydrogen-bond acceptors (Lipinski definition) is 2. The van der Waals surface area contributed by atoms with Crippen LogP contribution < -0.4 is 5.32 Å². The fraction of sp³-hybridized carbons (Fsp3) is 0.462. The molecule has 30 heavy (non-hydrogen) atoms. The highest BCUT2D eigenvalue weighted by Crippen LogP contribution is 2.36. The molecule has 1 N–H and O–H groups in total. The van der Waals surface area contributed by atoms with Gasteiger partial charge in [-0.2, -0.15) is 0 Å². The van der Waals surface area contributed by atoms with E-state index >= 15 is 0 Å². The van der Waals surface area contributed by atoms with E-state index in [-0.39, 0.29) is 23.8 Å². The molecule has 2 amide bonds. The number of rotatable bonds is 5. The maximum atomic E-state index is 13.5. The third-order valence-corrected chi connectivity index (χ3v) is 6.82. The molecule has 0 bridgehead atoms. The first-order valence-corrected chi connectivity index (χ1v) is 11.3. The van der Waals surface area contributed by atoms with Crippen LogP contribution in [-0.4, -0.2) is 29.8 Å². The van der Waals surface area contributed by atoms with E-state index in [1.54, 1.807) is 0 Å². The second kappa shape index (κ2) is 9.46. The number of carbonyl (C=O) groups is 2. The van der Waals surface area contributed by atoms with E-state index in [1.807, 2.05) is 36.4 Å². The third kappa shape index (κ3) is 4.58. The Morgan fingerprint density at radius 2 is 1.73 bits per heavy atom. The van der Waals surface area contributed by atoms with Crippen LogP contribution >= 0.6 is 0 Å². The molecule has 1 aliphatic carbocycles. The molecule has 0 saturated heterocycles. The van der Waals surface area contributed by atoms with Crippen LogP contribution in [0.5, 0.6) is 0 Å². The number of amides is 2. The van der Waals surface area contributed by atoms with Gasteiger partial charge in [-0.1, -0.05) is 74.4 Å². The van der Waals surface area contributed by atoms with Crippen LogP contribution in [0.25, 0.3) is 0 Å². The van der Waals surface area contributed by atoms with Crippen molar-refractivity contribution in [2.45, 2.75) is 51.5 Å². The summed E-state index contributed by atoms with van der Waals surface area (Å²) in [5.74, 6) is 0.838. The number of benzene rings is 2. The topological polar surface area (TPSA) is 49.4 Å². The summed E-state index contributed by atoms with van der Waals surface area (Å²) in [7, 11) is 0. The molecular formula is C26H32N2O2. The molecule has 4 heteroatoms. The van der Waals surface area contributed by atoms with Gasteiger partial charge in [0, 0.05) is 19.0 Å². The Kier molecular flexibility index (Phi) is 6.51. The summed E-state index contributed by atoms with van der Waals surface area (Å²) in [6.07, 6.45) is 5.75. The van der Waals surface area contributed by atoms with Gasteiger partial charge in [-0.25, -0.2) is 0 Å². The summed E-state index contributed by atoms with van der Waals surface area (Å²) < 4.78 is 0. The van der Waals surface area contributed by atoms with Gasteiger partial charge in [0.15, 0.2) is 0 Å². The van der Waals surface area contributed by atoms with Crippen molar-refractivity contribution >= 4 is 11.8 Å². The lowest BCUT2D eigenvalue weighted by Gasteiger charge is -2.41. The maximum Gasteiger partial charge on any atom is 0.226 e. The van der Waals surface area contributed by atoms with Gasteiger partial charge in [0.2, 0.25) is 11.8 Å². The summed E-state index contributed by atoms with van der Waals surface area (Å²) in [6.45, 7) is 3.42. The molecule has 1 heterocycles. The predicted octanol–water partition coefficient (Wildman–Crippen LogP) is 4.30. The molecule has 0 spiro atoms. The average Bonchev–Trinajstić information content (AvgIpc) is 2.78. The third-order valence-electron chi connectivity index (χ3n) is 6.82. The van der Waals surface area contributed by atoms with E-state index in [0.717, 1.165) is 37.8 Å². The normalized spacial score (nSPS) is 23.5. The van der Waals surface area contributed by atoms with Crippen molar-refractivity contribution in [3.8, 4) is 0 Å². The standard InChI is InChI=1S/C26H32N2O2/c1-19-9-5-7-13-22(19)26(30)28-16-15-21-12-6-8-14-23(21)24(28)18-27-25(29)17-20-10-3-2-4-11-20/h2-4,6,8,10-12,14,19,22,24H,5,7,9,13,15-18H2,1H3,(H,27,29). The molecule has 3 unspecified atom stereocenters. The molecule has 4 nitrogen and oxygen atoms in total. The fourth-order valence-electron chi connectivity index (χ4n) is 5.09. The van der Waals surface area contributed by atoms with Crippen molar-refractivity contribution in [1.82, 2.24) is 10.2 Å². The zero-order valence-corrected chi connectivity index (χ0v) is 17.8. The summed E-state index contributed by atoms with van der Waals surface area (Å²) in [5.41, 5.74) is 3.48. The monoisotopic (exact) mass is 404 g/mol. The lowest BCUT2D eigenvalue weighted by atomic mass is 9.79. The molecule has 4 rings (SSSR count). The minimum Gasteiger partial charge on any atom is -0.353 e. The highest BCUT2D eigenvalue weighted by atomic mass is 16.2. The van der Waals surface area contributed by atoms with Crippen LogP contribution in [0.4, 0.5) is 0 Å². The highest BCUT2D eigenvalue weighted by molar-refractivity contribution is 5.81. The van der Waals surface area contributed by atoms with E-state index < -0.39 is 0 Å². The van der Waals surface area contributed by atoms with Gasteiger partial charge >= 0.3 is 0 Å². The van der Waals surface area contributed by atoms with Gasteiger partial charge in [-0.15, -0.1) is 0 Å². The van der Waals surface area contributed by atoms with Gasteiger partial charge in [-0.3, -0.25) is 9.59 Å². The Hall–Kier alpha value is -2.62. The molecule has 2 aliphatic rings. The van der Waals surface area contributed by atoms with Gasteiger partial charge < -0.3 is 10.2 Å². The molecule has 158 valence electrons. The molecule has 2 aromatic carbocycles. The Morgan fingerprint density at radius 3 is 2.53 bits per heavy atom. The number of carbonyl (C=O) groups excluding carboxylic acids is 2. The molecule has 1 saturated carbocycles. The van der Waals surface area contributed by atoms with Crippen molar-refractivity contribution in [3.05, 3.63) is 71.3 Å². The molecule has 1 aliphatic heterocycles. The molecule has 3 atom stereocenters. The Morgan fingerprint density at radius 1 is 1.00 bits per heavy atom. The van der Waals surface area contributed by atoms with E-state index in [1.165, 1.54) is 17.5 Å². The lowest BCUT2D eigenvalue weighted by Crippen LogP contribution is -2.48. The minimum absolute atomic E-state index is 0.00249. The molecule has 0 aromatic heterocycles. The van der Waals surface area contributed by atoms with Crippen molar-refractivity contribution in [2.75, 3.05) is 13.1 Å². The smallest absolute Gasteiger partial charge is 0.226 e. The van der Waals surface area contributed by atoms with Crippen LogP contribution in [0.1, 0.15) is 55.3 Å². The molecular weight excluding hydrogens is 372 g/mol. The first-order chi connectivity index (χ1) is 14.6. The van der Waals surface area contributed by atoms with Crippen LogP contribution in [0.15, 0.2) is 54.6 Å². The lowest BCUT2D eigenvalue weighted by molar-refractivity contribution is -0.141. The van der Waals surface area contributed by atoms with Crippen LogP contribution in [-0.2, 0) is 22.4 Å². The largest absolute Gasteiger partial charge is 0.353 e. The zero-order chi connectivity index (χ0) is 20.9. The van der Waals surface area contributed by atoms with Crippen molar-refractivity contribution < 1.29 is 9.59 Å². The van der Waals surface area contributed by atoms with Gasteiger partial charge in [0.05, 0.1) is 12.5 Å². The number of nitrogens with one attached hydrogen (secondary N) is 1. The first kappa shape index (κ1) is 20.6. The second-order valence-electron chi connectivity index (χ2n) is 8.83. The SMILES string of the molecule is CC1CCCCC1C(=O)N1CCc2ccccc2C1CNC(=O)Cc1ccccc1. The first-order valence-electron chi connectivity index (χ1n) is 11.3. The van der Waals surface area contributed by atoms with E-state index in [0.29, 0.717) is 18.9 Å². The fourth-order valence-corrected chi connectivity index (χ4v) is 5.09. The summed E-state index contributed by atoms with van der Waals surface area (Å²) in [4.78, 5) is 28.2. The predicted molar refractivity (Wildman–Crippen MR) is 119 cm³/mol. The number of nitrogens with zero attached hydrogens (tertiary/aromatic N) is 1. The summed E-state index contributed by atoms with van der Waals surface area (Å²) in [5, 5.41) is 3.11. The summed E-state index contributed by atoms with van der Waals surface area (Å²) >= 11 is 0. The molecule has 1 fully saturated rings. The maximum absolute atomic E-state index is 13.5. The van der Waals surface area contributed by atoms with Gasteiger partial charge in [-0.05, 0) is 41.9 Å². The van der Waals surface area contributed by atoms with E-state index in [2.05, 4.69) is 35.3 Å². The Balaban J connectivity index is 1.50. The van der Waals surface area contributed by atoms with E-state index in [4.69, 9.17) is 0 Å². The van der Waals surface area contributed by atoms with Crippen LogP contribution in [0.2, 0.25) is 0 Å². The highest BCUT2D eigenvalue weighted by Gasteiger charge is 2.37. The molecule has 0 radical (unpaired) electrons. The van der Waals surface area contributed by atoms with Gasteiger partial charge in [0.25, 0.3) is 0 Å². The quantitative estimate of drug-likeness (QED) is 0.808. The zero-order valence-electron chi connectivity index (χ0n) is 17.8.